The van der Waals surface area contributed by atoms with E-state index in [1.807, 2.05) is 0 Å². The van der Waals surface area contributed by atoms with Gasteiger partial charge < -0.3 is 0 Å². The molecule has 132 valence electrons. The second-order valence-corrected chi connectivity index (χ2v) is 6.22. The second kappa shape index (κ2) is 10.3. The second-order valence-electron chi connectivity index (χ2n) is 6.22. The van der Waals surface area contributed by atoms with Crippen LogP contribution in [0.4, 0.5) is 0 Å². The van der Waals surface area contributed by atoms with Crippen LogP contribution in [0.1, 0.15) is 59.7 Å². The highest BCUT2D eigenvalue weighted by molar-refractivity contribution is 5.92. The zero-order valence-electron chi connectivity index (χ0n) is 14.5. The van der Waals surface area contributed by atoms with E-state index in [0.717, 1.165) is 5.92 Å². The first-order chi connectivity index (χ1) is 12.2. The van der Waals surface area contributed by atoms with Crippen LogP contribution in [0.2, 0.25) is 0 Å². The van der Waals surface area contributed by atoms with Crippen molar-refractivity contribution < 1.29 is 19.4 Å². The summed E-state index contributed by atoms with van der Waals surface area (Å²) in [6.07, 6.45) is 7.44. The smallest absolute Gasteiger partial charge is 0.242 e. The maximum Gasteiger partial charge on any atom is 0.386 e. The summed E-state index contributed by atoms with van der Waals surface area (Å²) >= 11 is 0. The van der Waals surface area contributed by atoms with Gasteiger partial charge in [0.15, 0.2) is 0 Å². The van der Waals surface area contributed by atoms with Gasteiger partial charge in [0.1, 0.15) is 0 Å². The van der Waals surface area contributed by atoms with E-state index in [0.29, 0.717) is 11.1 Å². The van der Waals surface area contributed by atoms with Gasteiger partial charge in [-0.1, -0.05) is 75.4 Å². The van der Waals surface area contributed by atoms with Gasteiger partial charge in [-0.3, -0.25) is 0 Å². The molecule has 0 spiro atoms. The van der Waals surface area contributed by atoms with E-state index in [1.54, 1.807) is 60.7 Å². The van der Waals surface area contributed by atoms with Gasteiger partial charge in [0.2, 0.25) is 0 Å². The molecule has 0 N–H and O–H groups in total. The molecular formula is C21H24O4. The van der Waals surface area contributed by atoms with Crippen LogP contribution in [0, 0.1) is 5.92 Å². The van der Waals surface area contributed by atoms with Crippen LogP contribution in [-0.2, 0) is 9.78 Å². The molecule has 0 aromatic heterocycles. The molecule has 1 aliphatic carbocycles. The molecule has 0 saturated heterocycles. The van der Waals surface area contributed by atoms with Gasteiger partial charge in [-0.2, -0.15) is 0 Å². The van der Waals surface area contributed by atoms with Crippen molar-refractivity contribution in [3.05, 3.63) is 71.8 Å². The number of carbonyl (C=O) groups is 2. The minimum atomic E-state index is -0.708. The molecule has 0 radical (unpaired) electrons. The number of carbonyl (C=O) groups excluding carboxylic acids is 2. The van der Waals surface area contributed by atoms with Gasteiger partial charge in [0.25, 0.3) is 0 Å². The molecule has 0 heterocycles. The SMILES string of the molecule is CC1CCCCC1.O=C(OOC(=O)c1ccccc1)c1ccccc1. The Morgan fingerprint density at radius 1 is 0.720 bits per heavy atom. The normalized spacial score (nSPS) is 14.0. The highest BCUT2D eigenvalue weighted by Gasteiger charge is 2.13. The first-order valence-electron chi connectivity index (χ1n) is 8.70. The lowest BCUT2D eigenvalue weighted by Crippen LogP contribution is -2.11. The van der Waals surface area contributed by atoms with Crippen molar-refractivity contribution in [3.8, 4) is 0 Å². The average molecular weight is 340 g/mol. The number of hydrogen-bond acceptors (Lipinski definition) is 4. The topological polar surface area (TPSA) is 52.6 Å². The fraction of sp³-hybridized carbons (Fsp3) is 0.333. The highest BCUT2D eigenvalue weighted by Crippen LogP contribution is 2.22. The van der Waals surface area contributed by atoms with Crippen molar-refractivity contribution in [2.24, 2.45) is 5.92 Å². The van der Waals surface area contributed by atoms with E-state index < -0.39 is 11.9 Å². The summed E-state index contributed by atoms with van der Waals surface area (Å²) in [6, 6.07) is 16.6. The van der Waals surface area contributed by atoms with Gasteiger partial charge in [-0.15, -0.1) is 0 Å². The van der Waals surface area contributed by atoms with E-state index in [-0.39, 0.29) is 0 Å². The standard InChI is InChI=1S/C14H10O4.C7H14/c15-13(11-7-3-1-4-8-11)17-18-14(16)12-9-5-2-6-10-12;1-7-5-3-2-4-6-7/h1-10H;7H,2-6H2,1H3. The lowest BCUT2D eigenvalue weighted by Gasteiger charge is -2.15. The first-order valence-corrected chi connectivity index (χ1v) is 8.70. The van der Waals surface area contributed by atoms with Gasteiger partial charge in [-0.25, -0.2) is 19.4 Å². The summed E-state index contributed by atoms with van der Waals surface area (Å²) in [7, 11) is 0. The third-order valence-electron chi connectivity index (χ3n) is 4.11. The molecule has 4 nitrogen and oxygen atoms in total. The molecule has 0 atom stereocenters. The van der Waals surface area contributed by atoms with E-state index in [1.165, 1.54) is 32.1 Å². The van der Waals surface area contributed by atoms with Crippen LogP contribution in [-0.4, -0.2) is 11.9 Å². The molecule has 25 heavy (non-hydrogen) atoms. The summed E-state index contributed by atoms with van der Waals surface area (Å²) in [5, 5.41) is 0. The van der Waals surface area contributed by atoms with Crippen LogP contribution in [0.15, 0.2) is 60.7 Å². The van der Waals surface area contributed by atoms with E-state index in [2.05, 4.69) is 16.7 Å². The first kappa shape index (κ1) is 18.7. The van der Waals surface area contributed by atoms with Crippen LogP contribution in [0.5, 0.6) is 0 Å². The molecule has 0 unspecified atom stereocenters. The van der Waals surface area contributed by atoms with E-state index in [4.69, 9.17) is 0 Å². The Morgan fingerprint density at radius 3 is 1.44 bits per heavy atom. The quantitative estimate of drug-likeness (QED) is 0.557. The Kier molecular flexibility index (Phi) is 7.70. The Hall–Kier alpha value is -2.62. The monoisotopic (exact) mass is 340 g/mol. The van der Waals surface area contributed by atoms with Gasteiger partial charge in [-0.05, 0) is 30.2 Å². The minimum Gasteiger partial charge on any atom is -0.242 e. The summed E-state index contributed by atoms with van der Waals surface area (Å²) in [5.41, 5.74) is 0.636. The fourth-order valence-electron chi connectivity index (χ4n) is 2.63. The van der Waals surface area contributed by atoms with Gasteiger partial charge in [0.05, 0.1) is 11.1 Å². The molecule has 2 aromatic rings. The molecule has 2 aromatic carbocycles. The number of rotatable bonds is 2. The Labute approximate surface area is 148 Å². The average Bonchev–Trinajstić information content (AvgIpc) is 2.68. The predicted octanol–water partition coefficient (Wildman–Crippen LogP) is 5.20. The molecule has 1 saturated carbocycles. The van der Waals surface area contributed by atoms with Crippen molar-refractivity contribution in [3.63, 3.8) is 0 Å². The predicted molar refractivity (Wildman–Crippen MR) is 96.0 cm³/mol. The number of benzene rings is 2. The summed E-state index contributed by atoms with van der Waals surface area (Å²) in [5.74, 6) is -0.381. The zero-order chi connectivity index (χ0) is 17.9. The summed E-state index contributed by atoms with van der Waals surface area (Å²) < 4.78 is 0. The molecule has 0 aliphatic heterocycles. The van der Waals surface area contributed by atoms with Crippen LogP contribution >= 0.6 is 0 Å². The highest BCUT2D eigenvalue weighted by atomic mass is 17.2. The van der Waals surface area contributed by atoms with Crippen molar-refractivity contribution in [1.29, 1.82) is 0 Å². The van der Waals surface area contributed by atoms with Crippen molar-refractivity contribution >= 4 is 11.9 Å². The van der Waals surface area contributed by atoms with Crippen LogP contribution < -0.4 is 0 Å². The molecule has 0 amide bonds. The fourth-order valence-corrected chi connectivity index (χ4v) is 2.63. The van der Waals surface area contributed by atoms with E-state index >= 15 is 0 Å². The zero-order valence-corrected chi connectivity index (χ0v) is 14.5. The molecular weight excluding hydrogens is 316 g/mol. The summed E-state index contributed by atoms with van der Waals surface area (Å²) in [6.45, 7) is 2.36. The van der Waals surface area contributed by atoms with Crippen molar-refractivity contribution in [2.75, 3.05) is 0 Å². The van der Waals surface area contributed by atoms with Gasteiger partial charge >= 0.3 is 11.9 Å². The molecule has 4 heteroatoms. The van der Waals surface area contributed by atoms with E-state index in [9.17, 15) is 9.59 Å². The van der Waals surface area contributed by atoms with Crippen LogP contribution in [0.25, 0.3) is 0 Å². The molecule has 1 aliphatic rings. The minimum absolute atomic E-state index is 0.318. The molecule has 0 bridgehead atoms. The third kappa shape index (κ3) is 6.79. The van der Waals surface area contributed by atoms with Crippen molar-refractivity contribution in [2.45, 2.75) is 39.0 Å². The maximum absolute atomic E-state index is 11.5. The Balaban J connectivity index is 0.000000269. The molecule has 1 fully saturated rings. The van der Waals surface area contributed by atoms with Crippen LogP contribution in [0.3, 0.4) is 0 Å². The maximum atomic E-state index is 11.5. The third-order valence-corrected chi connectivity index (χ3v) is 4.11. The Morgan fingerprint density at radius 2 is 1.12 bits per heavy atom. The summed E-state index contributed by atoms with van der Waals surface area (Å²) in [4.78, 5) is 31.9. The van der Waals surface area contributed by atoms with Gasteiger partial charge in [0, 0.05) is 0 Å². The van der Waals surface area contributed by atoms with Crippen molar-refractivity contribution in [1.82, 2.24) is 0 Å². The lowest BCUT2D eigenvalue weighted by atomic mass is 9.91. The molecule has 3 rings (SSSR count). The number of hydrogen-bond donors (Lipinski definition) is 0. The lowest BCUT2D eigenvalue weighted by molar-refractivity contribution is -0.187. The Bertz CT molecular complexity index is 595. The largest absolute Gasteiger partial charge is 0.386 e.